The van der Waals surface area contributed by atoms with E-state index in [0.717, 1.165) is 51.4 Å². The first-order valence-corrected chi connectivity index (χ1v) is 24.8. The van der Waals surface area contributed by atoms with Crippen LogP contribution in [0.4, 0.5) is 0 Å². The van der Waals surface area contributed by atoms with Crippen molar-refractivity contribution in [1.82, 2.24) is 5.32 Å². The van der Waals surface area contributed by atoms with Gasteiger partial charge in [0.25, 0.3) is 10.1 Å². The number of nitrogens with one attached hydrogen (secondary N) is 1. The molecule has 0 unspecified atom stereocenters. The average molecular weight is 845 g/mol. The molecule has 10 nitrogen and oxygen atoms in total. The molecule has 2 N–H and O–H groups in total. The molecule has 0 aliphatic heterocycles. The van der Waals surface area contributed by atoms with Crippen LogP contribution in [0.2, 0.25) is 0 Å². The van der Waals surface area contributed by atoms with Gasteiger partial charge >= 0.3 is 37.7 Å². The number of unbranched alkanes of at least 4 members (excludes halogenated alkanes) is 22. The van der Waals surface area contributed by atoms with Gasteiger partial charge in [0.05, 0.1) is 15.9 Å². The van der Waals surface area contributed by atoms with E-state index in [2.05, 4.69) is 48.5 Å². The Morgan fingerprint density at radius 3 is 1.35 bits per heavy atom. The number of amides is 1. The predicted octanol–water partition coefficient (Wildman–Crippen LogP) is 9.76. The fraction of sp³-hybridized carbons (Fsp3) is 0.857. The Labute approximate surface area is 368 Å². The molecule has 0 aromatic heterocycles. The number of hydrogen-bond donors (Lipinski definition) is 2. The normalized spacial score (nSPS) is 12.2. The van der Waals surface area contributed by atoms with Gasteiger partial charge in [-0.1, -0.05) is 141 Å². The van der Waals surface area contributed by atoms with Gasteiger partial charge in [0, 0.05) is 25.3 Å². The third-order valence-corrected chi connectivity index (χ3v) is 10.7. The number of hydrogen-bond acceptors (Lipinski definition) is 8. The number of carbonyl (C=O) groups excluding carboxylic acids is 1. The van der Waals surface area contributed by atoms with Crippen LogP contribution in [0.25, 0.3) is 0 Å². The van der Waals surface area contributed by atoms with Crippen molar-refractivity contribution in [2.24, 2.45) is 4.99 Å². The molecule has 0 aromatic carbocycles. The van der Waals surface area contributed by atoms with Gasteiger partial charge < -0.3 is 20.0 Å². The van der Waals surface area contributed by atoms with Gasteiger partial charge in [0.1, 0.15) is 0 Å². The van der Waals surface area contributed by atoms with Crippen LogP contribution >= 0.6 is 0 Å². The molecule has 0 rings (SSSR count). The van der Waals surface area contributed by atoms with E-state index in [1.807, 2.05) is 0 Å². The molecule has 13 heteroatoms. The SMILES string of the molecule is CCCCCCCC/C=C\CCCCCCCC(=O)NCCCS(=O)(=O)O.CCCCCCCC/C=C\CCCCCCCC([O-])=NCCCS(=O)(=O)[O-].[Ca+2]. The second kappa shape index (κ2) is 44.6. The van der Waals surface area contributed by atoms with Crippen LogP contribution < -0.4 is 10.4 Å². The summed E-state index contributed by atoms with van der Waals surface area (Å²) in [4.78, 5) is 15.3. The minimum absolute atomic E-state index is 0. The molecule has 0 fully saturated rings. The van der Waals surface area contributed by atoms with E-state index in [9.17, 15) is 31.3 Å². The van der Waals surface area contributed by atoms with Crippen LogP contribution in [0.5, 0.6) is 0 Å². The van der Waals surface area contributed by atoms with Gasteiger partial charge in [0.15, 0.2) is 0 Å². The number of rotatable bonds is 38. The van der Waals surface area contributed by atoms with Crippen molar-refractivity contribution >= 4 is 69.8 Å². The second-order valence-electron chi connectivity index (χ2n) is 14.5. The molecule has 0 aromatic rings. The van der Waals surface area contributed by atoms with E-state index in [4.69, 9.17) is 4.55 Å². The summed E-state index contributed by atoms with van der Waals surface area (Å²) >= 11 is 0. The molecule has 0 atom stereocenters. The van der Waals surface area contributed by atoms with Crippen LogP contribution in [0.15, 0.2) is 29.3 Å². The van der Waals surface area contributed by atoms with Crippen LogP contribution in [0.3, 0.4) is 0 Å². The summed E-state index contributed by atoms with van der Waals surface area (Å²) in [5.74, 6) is -0.975. The Morgan fingerprint density at radius 1 is 0.564 bits per heavy atom. The number of allylic oxidation sites excluding steroid dienone is 4. The van der Waals surface area contributed by atoms with Gasteiger partial charge in [-0.25, -0.2) is 8.42 Å². The fourth-order valence-electron chi connectivity index (χ4n) is 5.80. The maximum Gasteiger partial charge on any atom is 2.00 e. The number of nitrogens with zero attached hydrogens (tertiary/aromatic N) is 1. The molecule has 55 heavy (non-hydrogen) atoms. The van der Waals surface area contributed by atoms with E-state index in [0.29, 0.717) is 19.4 Å². The molecule has 0 aliphatic rings. The molecule has 320 valence electrons. The summed E-state index contributed by atoms with van der Waals surface area (Å²) < 4.78 is 60.9. The van der Waals surface area contributed by atoms with Crippen LogP contribution in [-0.2, 0) is 25.0 Å². The minimum atomic E-state index is -4.19. The third kappa shape index (κ3) is 57.9. The summed E-state index contributed by atoms with van der Waals surface area (Å²) in [6.45, 7) is 4.92. The molecular weight excluding hydrogens is 765 g/mol. The second-order valence-corrected chi connectivity index (χ2v) is 17.6. The molecule has 0 saturated heterocycles. The molecular formula is C42H80CaN2O8S2. The molecule has 0 spiro atoms. The third-order valence-electron chi connectivity index (χ3n) is 9.06. The van der Waals surface area contributed by atoms with Crippen LogP contribution in [-0.4, -0.2) is 100 Å². The maximum absolute atomic E-state index is 11.6. The fourth-order valence-corrected chi connectivity index (χ4v) is 6.79. The average Bonchev–Trinajstić information content (AvgIpc) is 3.11. The summed E-state index contributed by atoms with van der Waals surface area (Å²) in [6.07, 6.45) is 42.4. The van der Waals surface area contributed by atoms with Gasteiger partial charge in [0.2, 0.25) is 5.91 Å². The molecule has 0 bridgehead atoms. The first-order valence-electron chi connectivity index (χ1n) is 21.6. The first-order chi connectivity index (χ1) is 25.9. The summed E-state index contributed by atoms with van der Waals surface area (Å²) in [5, 5.41) is 14.2. The molecule has 1 amide bonds. The summed E-state index contributed by atoms with van der Waals surface area (Å²) in [5.41, 5.74) is 0. The minimum Gasteiger partial charge on any atom is -0.862 e. The Hall–Kier alpha value is -0.500. The van der Waals surface area contributed by atoms with Crippen LogP contribution in [0, 0.1) is 0 Å². The van der Waals surface area contributed by atoms with Crippen molar-refractivity contribution in [1.29, 1.82) is 0 Å². The van der Waals surface area contributed by atoms with Crippen molar-refractivity contribution in [3.05, 3.63) is 24.3 Å². The van der Waals surface area contributed by atoms with Gasteiger partial charge in [-0.05, 0) is 89.4 Å². The Kier molecular flexibility index (Phi) is 47.7. The topological polar surface area (TPSA) is 176 Å². The van der Waals surface area contributed by atoms with Gasteiger partial charge in [-0.2, -0.15) is 8.42 Å². The van der Waals surface area contributed by atoms with E-state index in [1.165, 1.54) is 116 Å². The smallest absolute Gasteiger partial charge is 0.862 e. The predicted molar refractivity (Wildman–Crippen MR) is 230 cm³/mol. The standard InChI is InChI=1S/2C21H41NO4S.Ca/c2*1-2-3-4-5-6-7-8-9-10-11-12-13-14-15-16-18-21(23)22-19-17-20-27(24,25)26;/h2*9-10H,2-8,11-20H2,1H3,(H,22,23)(H,24,25,26);/q;;+2/p-2/b2*10-9-;. The Balaban J connectivity index is -0.000000966. The van der Waals surface area contributed by atoms with E-state index >= 15 is 0 Å². The van der Waals surface area contributed by atoms with Crippen molar-refractivity contribution in [3.8, 4) is 0 Å². The quantitative estimate of drug-likeness (QED) is 0.0154. The Morgan fingerprint density at radius 2 is 0.945 bits per heavy atom. The Bertz CT molecular complexity index is 1150. The largest absolute Gasteiger partial charge is 2.00 e. The molecule has 0 saturated carbocycles. The van der Waals surface area contributed by atoms with E-state index in [1.54, 1.807) is 0 Å². The van der Waals surface area contributed by atoms with Gasteiger partial charge in [-0.15, -0.1) is 0 Å². The molecule has 0 aliphatic carbocycles. The zero-order valence-electron chi connectivity index (χ0n) is 35.1. The molecule has 0 radical (unpaired) electrons. The zero-order valence-corrected chi connectivity index (χ0v) is 39.0. The van der Waals surface area contributed by atoms with Crippen molar-refractivity contribution in [2.45, 2.75) is 206 Å². The summed E-state index contributed by atoms with van der Waals surface area (Å²) in [7, 11) is -8.11. The van der Waals surface area contributed by atoms with Crippen molar-refractivity contribution in [2.75, 3.05) is 24.6 Å². The number of aliphatic imine (C=N–C) groups is 1. The van der Waals surface area contributed by atoms with Crippen molar-refractivity contribution in [3.63, 3.8) is 0 Å². The number of carbonyl (C=O) groups is 1. The van der Waals surface area contributed by atoms with Gasteiger partial charge in [-0.3, -0.25) is 9.35 Å². The first kappa shape index (κ1) is 58.8. The zero-order chi connectivity index (χ0) is 40.4. The summed E-state index contributed by atoms with van der Waals surface area (Å²) in [6, 6.07) is 0. The van der Waals surface area contributed by atoms with E-state index < -0.39 is 26.0 Å². The molecule has 0 heterocycles. The van der Waals surface area contributed by atoms with Crippen molar-refractivity contribution < 1.29 is 35.8 Å². The van der Waals surface area contributed by atoms with E-state index in [-0.39, 0.29) is 74.7 Å². The van der Waals surface area contributed by atoms with Crippen LogP contribution in [0.1, 0.15) is 206 Å². The monoisotopic (exact) mass is 844 g/mol. The maximum atomic E-state index is 11.6.